The highest BCUT2D eigenvalue weighted by Crippen LogP contribution is 2.28. The van der Waals surface area contributed by atoms with Gasteiger partial charge in [0, 0.05) is 18.7 Å². The number of carbonyl (C=O) groups is 1. The number of nitrogens with zero attached hydrogens (tertiary/aromatic N) is 2. The predicted octanol–water partition coefficient (Wildman–Crippen LogP) is 1.98. The van der Waals surface area contributed by atoms with Crippen molar-refractivity contribution in [2.24, 2.45) is 0 Å². The second kappa shape index (κ2) is 4.72. The van der Waals surface area contributed by atoms with Crippen molar-refractivity contribution in [1.29, 1.82) is 0 Å². The van der Waals surface area contributed by atoms with Crippen molar-refractivity contribution < 1.29 is 4.79 Å². The minimum absolute atomic E-state index is 0.0266. The van der Waals surface area contributed by atoms with Crippen LogP contribution in [0.1, 0.15) is 16.8 Å². The number of amides is 1. The third kappa shape index (κ3) is 2.05. The van der Waals surface area contributed by atoms with Gasteiger partial charge in [-0.25, -0.2) is 0 Å². The van der Waals surface area contributed by atoms with Gasteiger partial charge in [0.1, 0.15) is 0 Å². The SMILES string of the molecule is Nc1cn[c]c(-c2ccccc2)c1C(=O)N1CCC1. The standard InChI is InChI=1S/C15H14N3O/c16-13-10-17-9-12(11-5-2-1-3-6-11)14(13)15(19)18-7-4-8-18/h1-3,5-6,10H,4,7-8,16H2. The first-order chi connectivity index (χ1) is 9.27. The van der Waals surface area contributed by atoms with Gasteiger partial charge in [-0.2, -0.15) is 0 Å². The Morgan fingerprint density at radius 1 is 1.26 bits per heavy atom. The number of nitrogen functional groups attached to an aromatic ring is 1. The van der Waals surface area contributed by atoms with Crippen molar-refractivity contribution in [2.45, 2.75) is 6.42 Å². The van der Waals surface area contributed by atoms with E-state index in [1.54, 1.807) is 4.90 Å². The largest absolute Gasteiger partial charge is 0.397 e. The van der Waals surface area contributed by atoms with Gasteiger partial charge in [0.05, 0.1) is 23.6 Å². The van der Waals surface area contributed by atoms with Crippen molar-refractivity contribution in [3.8, 4) is 11.1 Å². The Morgan fingerprint density at radius 3 is 2.63 bits per heavy atom. The Balaban J connectivity index is 2.09. The van der Waals surface area contributed by atoms with Crippen LogP contribution < -0.4 is 5.73 Å². The summed E-state index contributed by atoms with van der Waals surface area (Å²) in [7, 11) is 0. The zero-order valence-corrected chi connectivity index (χ0v) is 10.5. The number of hydrogen-bond acceptors (Lipinski definition) is 3. The van der Waals surface area contributed by atoms with E-state index in [2.05, 4.69) is 11.2 Å². The van der Waals surface area contributed by atoms with Crippen LogP contribution in [-0.2, 0) is 0 Å². The third-order valence-electron chi connectivity index (χ3n) is 3.34. The molecule has 0 aliphatic carbocycles. The molecule has 0 bridgehead atoms. The summed E-state index contributed by atoms with van der Waals surface area (Å²) >= 11 is 0. The summed E-state index contributed by atoms with van der Waals surface area (Å²) in [4.78, 5) is 18.2. The summed E-state index contributed by atoms with van der Waals surface area (Å²) in [5, 5.41) is 0. The minimum Gasteiger partial charge on any atom is -0.397 e. The van der Waals surface area contributed by atoms with Gasteiger partial charge in [-0.1, -0.05) is 30.3 Å². The first-order valence-electron chi connectivity index (χ1n) is 6.28. The van der Waals surface area contributed by atoms with Gasteiger partial charge in [0.15, 0.2) is 0 Å². The lowest BCUT2D eigenvalue weighted by molar-refractivity contribution is 0.0653. The van der Waals surface area contributed by atoms with Crippen LogP contribution in [0.3, 0.4) is 0 Å². The van der Waals surface area contributed by atoms with Gasteiger partial charge < -0.3 is 10.6 Å². The molecular formula is C15H14N3O. The van der Waals surface area contributed by atoms with Gasteiger partial charge in [-0.3, -0.25) is 9.78 Å². The van der Waals surface area contributed by atoms with Gasteiger partial charge >= 0.3 is 0 Å². The van der Waals surface area contributed by atoms with Gasteiger partial charge in [-0.15, -0.1) is 0 Å². The maximum absolute atomic E-state index is 12.4. The molecule has 1 aromatic heterocycles. The lowest BCUT2D eigenvalue weighted by atomic mass is 9.99. The Kier molecular flexibility index (Phi) is 2.91. The summed E-state index contributed by atoms with van der Waals surface area (Å²) in [6.45, 7) is 1.60. The fourth-order valence-electron chi connectivity index (χ4n) is 2.15. The second-order valence-corrected chi connectivity index (χ2v) is 4.59. The number of anilines is 1. The van der Waals surface area contributed by atoms with E-state index < -0.39 is 0 Å². The number of nitrogens with two attached hydrogens (primary N) is 1. The molecule has 1 amide bonds. The Bertz CT molecular complexity index is 606. The molecule has 1 fully saturated rings. The zero-order valence-electron chi connectivity index (χ0n) is 10.5. The Labute approximate surface area is 111 Å². The summed E-state index contributed by atoms with van der Waals surface area (Å²) < 4.78 is 0. The van der Waals surface area contributed by atoms with Crippen molar-refractivity contribution in [2.75, 3.05) is 18.8 Å². The lowest BCUT2D eigenvalue weighted by Crippen LogP contribution is -2.42. The van der Waals surface area contributed by atoms with Crippen LogP contribution in [0.4, 0.5) is 5.69 Å². The molecular weight excluding hydrogens is 238 g/mol. The maximum Gasteiger partial charge on any atom is 0.256 e. The smallest absolute Gasteiger partial charge is 0.256 e. The molecule has 1 radical (unpaired) electrons. The highest BCUT2D eigenvalue weighted by atomic mass is 16.2. The van der Waals surface area contributed by atoms with E-state index in [0.717, 1.165) is 25.1 Å². The van der Waals surface area contributed by atoms with Crippen LogP contribution >= 0.6 is 0 Å². The molecule has 4 heteroatoms. The first-order valence-corrected chi connectivity index (χ1v) is 6.28. The van der Waals surface area contributed by atoms with Crippen molar-refractivity contribution in [1.82, 2.24) is 9.88 Å². The van der Waals surface area contributed by atoms with Gasteiger partial charge in [0.25, 0.3) is 5.91 Å². The van der Waals surface area contributed by atoms with E-state index in [4.69, 9.17) is 5.73 Å². The first kappa shape index (κ1) is 11.7. The van der Waals surface area contributed by atoms with E-state index in [9.17, 15) is 4.79 Å². The second-order valence-electron chi connectivity index (χ2n) is 4.59. The van der Waals surface area contributed by atoms with Crippen molar-refractivity contribution >= 4 is 11.6 Å². The average molecular weight is 252 g/mol. The number of hydrogen-bond donors (Lipinski definition) is 1. The summed E-state index contributed by atoms with van der Waals surface area (Å²) in [6, 6.07) is 9.63. The normalized spacial score (nSPS) is 14.0. The van der Waals surface area contributed by atoms with E-state index in [0.29, 0.717) is 16.8 Å². The Hall–Kier alpha value is -2.36. The summed E-state index contributed by atoms with van der Waals surface area (Å²) in [6.07, 6.45) is 5.44. The fraction of sp³-hybridized carbons (Fsp3) is 0.200. The fourth-order valence-corrected chi connectivity index (χ4v) is 2.15. The average Bonchev–Trinajstić information content (AvgIpc) is 2.37. The summed E-state index contributed by atoms with van der Waals surface area (Å²) in [5.41, 5.74) is 8.46. The molecule has 4 nitrogen and oxygen atoms in total. The summed E-state index contributed by atoms with van der Waals surface area (Å²) in [5.74, 6) is -0.0266. The molecule has 2 aromatic rings. The molecule has 1 aliphatic heterocycles. The van der Waals surface area contributed by atoms with E-state index in [1.807, 2.05) is 30.3 Å². The topological polar surface area (TPSA) is 59.2 Å². The highest BCUT2D eigenvalue weighted by molar-refractivity contribution is 6.05. The van der Waals surface area contributed by atoms with Crippen LogP contribution in [0, 0.1) is 6.20 Å². The van der Waals surface area contributed by atoms with Gasteiger partial charge in [0.2, 0.25) is 0 Å². The van der Waals surface area contributed by atoms with Crippen LogP contribution in [0.2, 0.25) is 0 Å². The van der Waals surface area contributed by atoms with E-state index in [1.165, 1.54) is 6.20 Å². The molecule has 1 aliphatic rings. The number of rotatable bonds is 2. The molecule has 1 saturated heterocycles. The minimum atomic E-state index is -0.0266. The molecule has 19 heavy (non-hydrogen) atoms. The highest BCUT2D eigenvalue weighted by Gasteiger charge is 2.26. The lowest BCUT2D eigenvalue weighted by Gasteiger charge is -2.31. The zero-order chi connectivity index (χ0) is 13.2. The number of aromatic nitrogens is 1. The van der Waals surface area contributed by atoms with E-state index >= 15 is 0 Å². The number of carbonyl (C=O) groups excluding carboxylic acids is 1. The van der Waals surface area contributed by atoms with Crippen LogP contribution in [-0.4, -0.2) is 28.9 Å². The number of pyridine rings is 1. The third-order valence-corrected chi connectivity index (χ3v) is 3.34. The van der Waals surface area contributed by atoms with Gasteiger partial charge in [-0.05, 0) is 12.0 Å². The van der Waals surface area contributed by atoms with Crippen LogP contribution in [0.15, 0.2) is 36.5 Å². The molecule has 0 unspecified atom stereocenters. The molecule has 2 N–H and O–H groups in total. The number of benzene rings is 1. The predicted molar refractivity (Wildman–Crippen MR) is 73.4 cm³/mol. The molecule has 0 atom stereocenters. The van der Waals surface area contributed by atoms with Crippen LogP contribution in [0.25, 0.3) is 11.1 Å². The Morgan fingerprint density at radius 2 is 2.00 bits per heavy atom. The molecule has 1 aromatic carbocycles. The van der Waals surface area contributed by atoms with Crippen molar-refractivity contribution in [3.63, 3.8) is 0 Å². The van der Waals surface area contributed by atoms with Crippen molar-refractivity contribution in [3.05, 3.63) is 48.3 Å². The molecule has 2 heterocycles. The van der Waals surface area contributed by atoms with E-state index in [-0.39, 0.29) is 5.91 Å². The monoisotopic (exact) mass is 252 g/mol. The quantitative estimate of drug-likeness (QED) is 0.889. The molecule has 95 valence electrons. The molecule has 0 spiro atoms. The van der Waals surface area contributed by atoms with Crippen LogP contribution in [0.5, 0.6) is 0 Å². The maximum atomic E-state index is 12.4. The number of likely N-dealkylation sites (tertiary alicyclic amines) is 1. The molecule has 3 rings (SSSR count). The molecule has 0 saturated carbocycles.